The van der Waals surface area contributed by atoms with Gasteiger partial charge in [0.2, 0.25) is 0 Å². The Balaban J connectivity index is 1.08. The van der Waals surface area contributed by atoms with Crippen LogP contribution in [0.3, 0.4) is 0 Å². The van der Waals surface area contributed by atoms with Crippen molar-refractivity contribution in [2.24, 2.45) is 50.2 Å². The van der Waals surface area contributed by atoms with Crippen molar-refractivity contribution in [3.63, 3.8) is 0 Å². The van der Waals surface area contributed by atoms with Gasteiger partial charge in [-0.25, -0.2) is 4.79 Å². The number of hydrogen-bond acceptors (Lipinski definition) is 18. The van der Waals surface area contributed by atoms with Gasteiger partial charge in [-0.3, -0.25) is 0 Å². The van der Waals surface area contributed by atoms with Crippen LogP contribution in [0, 0.1) is 50.2 Å². The van der Waals surface area contributed by atoms with Gasteiger partial charge in [0.25, 0.3) is 0 Å². The molecule has 0 amide bonds. The molecule has 0 bridgehead atoms. The van der Waals surface area contributed by atoms with E-state index in [2.05, 4.69) is 47.6 Å². The number of aliphatic hydroxyl groups is 10. The maximum Gasteiger partial charge on any atom is 0.335 e. The van der Waals surface area contributed by atoms with Crippen LogP contribution in [0.25, 0.3) is 0 Å². The van der Waals surface area contributed by atoms with E-state index < -0.39 is 123 Å². The maximum atomic E-state index is 13.8. The van der Waals surface area contributed by atoms with E-state index >= 15 is 0 Å². The quantitative estimate of drug-likeness (QED) is 0.0773. The average molecular weight is 957 g/mol. The number of hydrogen-bond donors (Lipinski definition) is 11. The number of aliphatic carboxylic acids is 1. The summed E-state index contributed by atoms with van der Waals surface area (Å²) in [4.78, 5) is 26.2. The number of aliphatic hydroxyl groups excluding tert-OH is 10. The zero-order chi connectivity index (χ0) is 49.1. The van der Waals surface area contributed by atoms with E-state index in [-0.39, 0.29) is 50.9 Å². The standard InChI is InChI=1S/C48H76O19/c1-43(2)16-22-21-8-9-26-45(4)12-11-28(46(5,20-51)25(45)10-13-48(26,7)47(21,6)15-14-44(22,3)27(52)17-43)64-42-38(34(58)33(57)36(65-42)39(60)61)67-41-37(32(56)30(54)24(19-50)63-41)66-40-35(59)31(55)29(53)23(18-49)62-40/h8,20,22-38,40-42,49-50,52-59H,9-19H2,1-7H3,(H,60,61)/t22?,23-,24-,25?,26?,27?,28?,29-,30+,31+,32+,33+,34+,35-,36+,37-,38-,40+,41+,42-,44?,45?,46?,47?,48?/m1/s1. The Morgan fingerprint density at radius 3 is 1.85 bits per heavy atom. The lowest BCUT2D eigenvalue weighted by molar-refractivity contribution is -0.396. The summed E-state index contributed by atoms with van der Waals surface area (Å²) < 4.78 is 35.8. The van der Waals surface area contributed by atoms with Gasteiger partial charge >= 0.3 is 5.97 Å². The molecule has 10 unspecified atom stereocenters. The third-order valence-electron chi connectivity index (χ3n) is 19.4. The molecule has 0 aromatic heterocycles. The van der Waals surface area contributed by atoms with Gasteiger partial charge in [-0.15, -0.1) is 0 Å². The van der Waals surface area contributed by atoms with Crippen molar-refractivity contribution >= 4 is 12.3 Å². The number of allylic oxidation sites excluding steroid dienone is 2. The summed E-state index contributed by atoms with van der Waals surface area (Å²) in [7, 11) is 0. The molecule has 0 aromatic rings. The van der Waals surface area contributed by atoms with Crippen LogP contribution >= 0.6 is 0 Å². The first kappa shape index (κ1) is 51.6. The fourth-order valence-electron chi connectivity index (χ4n) is 15.0. The first-order valence-electron chi connectivity index (χ1n) is 24.3. The molecule has 3 aliphatic heterocycles. The Bertz CT molecular complexity index is 1870. The minimum Gasteiger partial charge on any atom is -0.479 e. The number of ether oxygens (including phenoxy) is 6. The van der Waals surface area contributed by atoms with Crippen molar-refractivity contribution in [2.75, 3.05) is 13.2 Å². The van der Waals surface area contributed by atoms with Crippen LogP contribution in [0.2, 0.25) is 0 Å². The van der Waals surface area contributed by atoms with E-state index in [1.54, 1.807) is 0 Å². The van der Waals surface area contributed by atoms with Crippen LogP contribution in [0.1, 0.15) is 106 Å². The molecule has 4 saturated carbocycles. The lowest BCUT2D eigenvalue weighted by Crippen LogP contribution is -2.68. The Morgan fingerprint density at radius 1 is 0.657 bits per heavy atom. The number of aldehydes is 1. The minimum absolute atomic E-state index is 0.00247. The van der Waals surface area contributed by atoms with Crippen LogP contribution in [-0.4, -0.2) is 186 Å². The number of carboxylic acid groups (broad SMARTS) is 1. The molecule has 8 aliphatic rings. The normalized spacial score (nSPS) is 55.2. The van der Waals surface area contributed by atoms with Crippen molar-refractivity contribution in [1.29, 1.82) is 0 Å². The van der Waals surface area contributed by atoms with Gasteiger partial charge in [-0.1, -0.05) is 60.1 Å². The van der Waals surface area contributed by atoms with Crippen molar-refractivity contribution in [1.82, 2.24) is 0 Å². The zero-order valence-corrected chi connectivity index (χ0v) is 39.7. The van der Waals surface area contributed by atoms with Crippen LogP contribution < -0.4 is 0 Å². The van der Waals surface area contributed by atoms with Crippen LogP contribution in [-0.2, 0) is 38.0 Å². The highest BCUT2D eigenvalue weighted by Crippen LogP contribution is 2.75. The van der Waals surface area contributed by atoms with Gasteiger partial charge in [-0.2, -0.15) is 0 Å². The second-order valence-electron chi connectivity index (χ2n) is 23.4. The van der Waals surface area contributed by atoms with Crippen LogP contribution in [0.5, 0.6) is 0 Å². The molecule has 3 heterocycles. The second-order valence-corrected chi connectivity index (χ2v) is 23.4. The molecule has 5 aliphatic carbocycles. The van der Waals surface area contributed by atoms with E-state index in [1.807, 2.05) is 6.92 Å². The molecular formula is C48H76O19. The average Bonchev–Trinajstić information content (AvgIpc) is 3.27. The molecule has 25 atom stereocenters. The van der Waals surface area contributed by atoms with Gasteiger partial charge in [0.05, 0.1) is 30.8 Å². The predicted octanol–water partition coefficient (Wildman–Crippen LogP) is -0.116. The molecule has 0 radical (unpaired) electrons. The summed E-state index contributed by atoms with van der Waals surface area (Å²) >= 11 is 0. The van der Waals surface area contributed by atoms with E-state index in [9.17, 15) is 65.8 Å². The summed E-state index contributed by atoms with van der Waals surface area (Å²) in [6.45, 7) is 14.0. The van der Waals surface area contributed by atoms with Crippen molar-refractivity contribution in [3.05, 3.63) is 11.6 Å². The predicted molar refractivity (Wildman–Crippen MR) is 231 cm³/mol. The van der Waals surface area contributed by atoms with Crippen molar-refractivity contribution in [2.45, 2.75) is 211 Å². The number of carboxylic acids is 1. The molecule has 0 aromatic carbocycles. The third kappa shape index (κ3) is 8.01. The van der Waals surface area contributed by atoms with E-state index in [0.29, 0.717) is 19.3 Å². The maximum absolute atomic E-state index is 13.8. The van der Waals surface area contributed by atoms with E-state index in [4.69, 9.17) is 28.4 Å². The Hall–Kier alpha value is -1.76. The molecule has 11 N–H and O–H groups in total. The molecule has 67 heavy (non-hydrogen) atoms. The highest BCUT2D eigenvalue weighted by molar-refractivity contribution is 5.73. The Morgan fingerprint density at radius 2 is 1.24 bits per heavy atom. The smallest absolute Gasteiger partial charge is 0.335 e. The molecule has 8 rings (SSSR count). The summed E-state index contributed by atoms with van der Waals surface area (Å²) in [5.74, 6) is -1.42. The number of carbonyl (C=O) groups excluding carboxylic acids is 1. The molecule has 19 nitrogen and oxygen atoms in total. The molecule has 3 saturated heterocycles. The van der Waals surface area contributed by atoms with E-state index in [1.165, 1.54) is 5.57 Å². The monoisotopic (exact) mass is 956 g/mol. The second kappa shape index (κ2) is 18.1. The fraction of sp³-hybridized carbons (Fsp3) is 0.917. The fourth-order valence-corrected chi connectivity index (χ4v) is 15.0. The molecular weight excluding hydrogens is 881 g/mol. The molecule has 0 spiro atoms. The summed E-state index contributed by atoms with van der Waals surface area (Å²) in [5, 5.41) is 118. The molecule has 7 fully saturated rings. The van der Waals surface area contributed by atoms with Gasteiger partial charge in [0.15, 0.2) is 25.0 Å². The lowest BCUT2D eigenvalue weighted by Gasteiger charge is -2.71. The third-order valence-corrected chi connectivity index (χ3v) is 19.4. The first-order chi connectivity index (χ1) is 31.3. The highest BCUT2D eigenvalue weighted by atomic mass is 16.8. The first-order valence-corrected chi connectivity index (χ1v) is 24.3. The van der Waals surface area contributed by atoms with E-state index in [0.717, 1.165) is 44.8 Å². The van der Waals surface area contributed by atoms with Crippen molar-refractivity contribution < 1.29 is 94.2 Å². The number of carbonyl (C=O) groups is 2. The number of fused-ring (bicyclic) bond motifs is 7. The zero-order valence-electron chi connectivity index (χ0n) is 39.7. The van der Waals surface area contributed by atoms with Gasteiger partial charge in [0, 0.05) is 5.41 Å². The molecule has 19 heteroatoms. The van der Waals surface area contributed by atoms with Gasteiger partial charge in [-0.05, 0) is 97.2 Å². The van der Waals surface area contributed by atoms with Gasteiger partial charge in [0.1, 0.15) is 73.4 Å². The summed E-state index contributed by atoms with van der Waals surface area (Å²) in [5.41, 5.74) is -0.555. The summed E-state index contributed by atoms with van der Waals surface area (Å²) in [6.07, 6.45) is -19.1. The number of rotatable bonds is 10. The largest absolute Gasteiger partial charge is 0.479 e. The SMILES string of the molecule is CC1(C)CC(O)C2(C)CCC3(C)C(=CCC4C5(C)CCC(O[C@@H]6O[C@H](C(=O)O)[C@@H](O)[C@H](O)[C@H]6O[C@@H]6O[C@H](CO)[C@H](O)[C@H](O)[C@H]6O[C@@H]6O[C@H](CO)[C@@H](O)[C@H](O)[C@H]6O)C(C)(C=O)C5CCC43C)C2C1. The molecule has 382 valence electrons. The topological polar surface area (TPSA) is 312 Å². The Labute approximate surface area is 391 Å². The van der Waals surface area contributed by atoms with Crippen LogP contribution in [0.4, 0.5) is 0 Å². The minimum atomic E-state index is -2.12. The van der Waals surface area contributed by atoms with Gasteiger partial charge < -0.3 is 89.4 Å². The van der Waals surface area contributed by atoms with Crippen LogP contribution in [0.15, 0.2) is 11.6 Å². The Kier molecular flexibility index (Phi) is 13.9. The van der Waals surface area contributed by atoms with Crippen molar-refractivity contribution in [3.8, 4) is 0 Å². The highest BCUT2D eigenvalue weighted by Gasteiger charge is 2.70. The lowest BCUT2D eigenvalue weighted by atomic mass is 9.33. The summed E-state index contributed by atoms with van der Waals surface area (Å²) in [6, 6.07) is 0.